The topological polar surface area (TPSA) is 46.2 Å². The lowest BCUT2D eigenvalue weighted by Crippen LogP contribution is -1.94. The van der Waals surface area contributed by atoms with Crippen LogP contribution in [0.2, 0.25) is 0 Å². The molecular formula is C9H12FNOS. The number of halogens is 1. The lowest BCUT2D eigenvalue weighted by atomic mass is 10.3. The molecule has 1 aromatic rings. The first-order valence-electron chi connectivity index (χ1n) is 4.03. The highest BCUT2D eigenvalue weighted by Gasteiger charge is 2.03. The van der Waals surface area contributed by atoms with E-state index in [2.05, 4.69) is 0 Å². The van der Waals surface area contributed by atoms with Crippen LogP contribution in [0.4, 0.5) is 10.1 Å². The van der Waals surface area contributed by atoms with Crippen LogP contribution in [0.5, 0.6) is 0 Å². The first-order valence-corrected chi connectivity index (χ1v) is 5.02. The maximum atomic E-state index is 12.9. The van der Waals surface area contributed by atoms with E-state index in [1.165, 1.54) is 17.8 Å². The number of aliphatic hydroxyl groups is 1. The van der Waals surface area contributed by atoms with Crippen molar-refractivity contribution in [3.05, 3.63) is 24.0 Å². The standard InChI is InChI=1S/C9H12FNOS/c10-7-3-1-4-8(9(7)11)13-6-2-5-12/h1,3-4,12H,2,5-6,11H2. The number of benzene rings is 1. The summed E-state index contributed by atoms with van der Waals surface area (Å²) in [6.45, 7) is 0.155. The second kappa shape index (κ2) is 5.09. The molecule has 72 valence electrons. The molecule has 1 rings (SSSR count). The molecule has 0 aliphatic rings. The molecule has 0 saturated carbocycles. The molecule has 0 heterocycles. The minimum atomic E-state index is -0.381. The third-order valence-corrected chi connectivity index (χ3v) is 2.73. The van der Waals surface area contributed by atoms with Crippen LogP contribution in [0, 0.1) is 5.82 Å². The lowest BCUT2D eigenvalue weighted by molar-refractivity contribution is 0.296. The molecule has 0 bridgehead atoms. The molecule has 0 amide bonds. The second-order valence-corrected chi connectivity index (χ2v) is 3.71. The zero-order valence-corrected chi connectivity index (χ0v) is 7.98. The number of anilines is 1. The number of hydrogen-bond donors (Lipinski definition) is 2. The van der Waals surface area contributed by atoms with Crippen molar-refractivity contribution in [1.29, 1.82) is 0 Å². The van der Waals surface area contributed by atoms with Crippen LogP contribution in [-0.2, 0) is 0 Å². The van der Waals surface area contributed by atoms with E-state index in [-0.39, 0.29) is 18.1 Å². The quantitative estimate of drug-likeness (QED) is 0.444. The fraction of sp³-hybridized carbons (Fsp3) is 0.333. The Morgan fingerprint density at radius 1 is 1.46 bits per heavy atom. The smallest absolute Gasteiger partial charge is 0.147 e. The van der Waals surface area contributed by atoms with Gasteiger partial charge in [-0.1, -0.05) is 6.07 Å². The van der Waals surface area contributed by atoms with Crippen molar-refractivity contribution < 1.29 is 9.50 Å². The van der Waals surface area contributed by atoms with E-state index in [0.717, 1.165) is 10.6 Å². The first-order chi connectivity index (χ1) is 6.25. The molecule has 0 saturated heterocycles. The van der Waals surface area contributed by atoms with Gasteiger partial charge in [-0.15, -0.1) is 11.8 Å². The van der Waals surface area contributed by atoms with Gasteiger partial charge < -0.3 is 10.8 Å². The summed E-state index contributed by atoms with van der Waals surface area (Å²) in [4.78, 5) is 0.744. The molecule has 0 fully saturated rings. The van der Waals surface area contributed by atoms with Crippen LogP contribution in [0.15, 0.2) is 23.1 Å². The summed E-state index contributed by atoms with van der Waals surface area (Å²) in [6, 6.07) is 4.75. The van der Waals surface area contributed by atoms with Crippen LogP contribution in [0.1, 0.15) is 6.42 Å². The van der Waals surface area contributed by atoms with Gasteiger partial charge in [0.2, 0.25) is 0 Å². The molecule has 3 N–H and O–H groups in total. The van der Waals surface area contributed by atoms with E-state index in [4.69, 9.17) is 10.8 Å². The highest BCUT2D eigenvalue weighted by molar-refractivity contribution is 7.99. The SMILES string of the molecule is Nc1c(F)cccc1SCCCO. The minimum absolute atomic E-state index is 0.155. The van der Waals surface area contributed by atoms with E-state index >= 15 is 0 Å². The number of thioether (sulfide) groups is 1. The van der Waals surface area contributed by atoms with E-state index < -0.39 is 0 Å². The number of nitrogens with two attached hydrogens (primary N) is 1. The molecule has 2 nitrogen and oxygen atoms in total. The number of nitrogen functional groups attached to an aromatic ring is 1. The molecule has 13 heavy (non-hydrogen) atoms. The molecule has 0 aliphatic heterocycles. The fourth-order valence-corrected chi connectivity index (χ4v) is 1.81. The van der Waals surface area contributed by atoms with Gasteiger partial charge in [0.15, 0.2) is 0 Å². The molecule has 0 spiro atoms. The summed E-state index contributed by atoms with van der Waals surface area (Å²) in [6.07, 6.45) is 0.695. The molecule has 0 aliphatic carbocycles. The van der Waals surface area contributed by atoms with Crippen molar-refractivity contribution in [3.8, 4) is 0 Å². The van der Waals surface area contributed by atoms with Gasteiger partial charge in [0.25, 0.3) is 0 Å². The highest BCUT2D eigenvalue weighted by Crippen LogP contribution is 2.26. The van der Waals surface area contributed by atoms with Gasteiger partial charge in [0, 0.05) is 17.3 Å². The number of para-hydroxylation sites is 1. The van der Waals surface area contributed by atoms with E-state index in [0.29, 0.717) is 6.42 Å². The normalized spacial score (nSPS) is 10.3. The van der Waals surface area contributed by atoms with Crippen LogP contribution >= 0.6 is 11.8 Å². The summed E-state index contributed by atoms with van der Waals surface area (Å²) < 4.78 is 12.9. The van der Waals surface area contributed by atoms with E-state index in [1.54, 1.807) is 12.1 Å². The van der Waals surface area contributed by atoms with Crippen molar-refractivity contribution in [2.24, 2.45) is 0 Å². The third-order valence-electron chi connectivity index (χ3n) is 1.57. The zero-order chi connectivity index (χ0) is 9.68. The van der Waals surface area contributed by atoms with Gasteiger partial charge in [-0.2, -0.15) is 0 Å². The van der Waals surface area contributed by atoms with Crippen molar-refractivity contribution >= 4 is 17.4 Å². The van der Waals surface area contributed by atoms with Crippen LogP contribution in [0.25, 0.3) is 0 Å². The molecule has 0 atom stereocenters. The zero-order valence-electron chi connectivity index (χ0n) is 7.16. The third kappa shape index (κ3) is 2.90. The Bertz CT molecular complexity index is 280. The predicted molar refractivity (Wildman–Crippen MR) is 53.2 cm³/mol. The lowest BCUT2D eigenvalue weighted by Gasteiger charge is -2.04. The van der Waals surface area contributed by atoms with Gasteiger partial charge in [-0.25, -0.2) is 4.39 Å². The Morgan fingerprint density at radius 2 is 2.23 bits per heavy atom. The summed E-state index contributed by atoms with van der Waals surface area (Å²) in [7, 11) is 0. The molecule has 0 unspecified atom stereocenters. The Labute approximate surface area is 80.9 Å². The molecule has 0 aromatic heterocycles. The molecular weight excluding hydrogens is 189 g/mol. The Hall–Kier alpha value is -0.740. The minimum Gasteiger partial charge on any atom is -0.396 e. The first kappa shape index (κ1) is 10.3. The summed E-state index contributed by atoms with van der Waals surface area (Å²) in [5, 5.41) is 8.55. The molecule has 0 radical (unpaired) electrons. The van der Waals surface area contributed by atoms with Crippen molar-refractivity contribution in [3.63, 3.8) is 0 Å². The van der Waals surface area contributed by atoms with Crippen LogP contribution < -0.4 is 5.73 Å². The Morgan fingerprint density at radius 3 is 2.92 bits per heavy atom. The van der Waals surface area contributed by atoms with Crippen molar-refractivity contribution in [1.82, 2.24) is 0 Å². The fourth-order valence-electron chi connectivity index (χ4n) is 0.890. The van der Waals surface area contributed by atoms with Gasteiger partial charge >= 0.3 is 0 Å². The largest absolute Gasteiger partial charge is 0.396 e. The van der Waals surface area contributed by atoms with Crippen LogP contribution in [-0.4, -0.2) is 17.5 Å². The molecule has 4 heteroatoms. The number of aliphatic hydroxyl groups excluding tert-OH is 1. The van der Waals surface area contributed by atoms with Gasteiger partial charge in [0.1, 0.15) is 5.82 Å². The van der Waals surface area contributed by atoms with Gasteiger partial charge in [-0.3, -0.25) is 0 Å². The van der Waals surface area contributed by atoms with Crippen LogP contribution in [0.3, 0.4) is 0 Å². The van der Waals surface area contributed by atoms with Crippen molar-refractivity contribution in [2.45, 2.75) is 11.3 Å². The maximum absolute atomic E-state index is 12.9. The van der Waals surface area contributed by atoms with Crippen molar-refractivity contribution in [2.75, 3.05) is 18.1 Å². The Kier molecular flexibility index (Phi) is 4.05. The van der Waals surface area contributed by atoms with Gasteiger partial charge in [-0.05, 0) is 18.6 Å². The monoisotopic (exact) mass is 201 g/mol. The average molecular weight is 201 g/mol. The Balaban J connectivity index is 2.61. The summed E-state index contributed by atoms with van der Waals surface area (Å²) in [5.41, 5.74) is 5.71. The summed E-state index contributed by atoms with van der Waals surface area (Å²) in [5.74, 6) is 0.374. The highest BCUT2D eigenvalue weighted by atomic mass is 32.2. The molecule has 1 aromatic carbocycles. The number of hydrogen-bond acceptors (Lipinski definition) is 3. The van der Waals surface area contributed by atoms with E-state index in [1.807, 2.05) is 0 Å². The van der Waals surface area contributed by atoms with Gasteiger partial charge in [0.05, 0.1) is 5.69 Å². The second-order valence-electron chi connectivity index (χ2n) is 2.58. The average Bonchev–Trinajstić information content (AvgIpc) is 2.13. The maximum Gasteiger partial charge on any atom is 0.147 e. The summed E-state index contributed by atoms with van der Waals surface area (Å²) >= 11 is 1.46. The number of rotatable bonds is 4. The van der Waals surface area contributed by atoms with E-state index in [9.17, 15) is 4.39 Å². The predicted octanol–water partition coefficient (Wildman–Crippen LogP) is 1.88.